The Kier molecular flexibility index (Phi) is 8.47. The molecule has 0 amide bonds. The number of hydrogen-bond donors (Lipinski definition) is 1. The van der Waals surface area contributed by atoms with Gasteiger partial charge >= 0.3 is 0 Å². The highest BCUT2D eigenvalue weighted by atomic mass is 32.2. The molecule has 1 N–H and O–H groups in total. The lowest BCUT2D eigenvalue weighted by molar-refractivity contribution is 0.571. The molecular formula is C25H37NO2S. The molecule has 0 unspecified atom stereocenters. The van der Waals surface area contributed by atoms with Crippen LogP contribution in [0.25, 0.3) is 0 Å². The van der Waals surface area contributed by atoms with Crippen LogP contribution in [0.3, 0.4) is 0 Å². The minimum Gasteiger partial charge on any atom is -0.211 e. The molecule has 29 heavy (non-hydrogen) atoms. The highest BCUT2D eigenvalue weighted by Gasteiger charge is 2.26. The monoisotopic (exact) mass is 415 g/mol. The SMILES string of the molecule is CC(C)c1cc(C(C)C)c(S(=O)(=O)NCCCCc2ccccc2)c(C(C)C)c1. The standard InChI is InChI=1S/C25H37NO2S/c1-18(2)22-16-23(19(3)4)25(24(17-22)20(5)6)29(27,28)26-15-11-10-14-21-12-8-7-9-13-21/h7-9,12-13,16-20,26H,10-11,14-15H2,1-6H3. The van der Waals surface area contributed by atoms with Crippen molar-refractivity contribution in [3.8, 4) is 0 Å². The van der Waals surface area contributed by atoms with E-state index in [2.05, 4.69) is 70.5 Å². The van der Waals surface area contributed by atoms with Gasteiger partial charge in [-0.3, -0.25) is 0 Å². The van der Waals surface area contributed by atoms with Gasteiger partial charge in [0.05, 0.1) is 4.90 Å². The Morgan fingerprint density at radius 1 is 0.793 bits per heavy atom. The van der Waals surface area contributed by atoms with E-state index in [1.165, 1.54) is 11.1 Å². The Balaban J connectivity index is 2.19. The van der Waals surface area contributed by atoms with E-state index < -0.39 is 10.0 Å². The van der Waals surface area contributed by atoms with Crippen LogP contribution in [0, 0.1) is 0 Å². The zero-order chi connectivity index (χ0) is 21.6. The van der Waals surface area contributed by atoms with Gasteiger partial charge in [0.1, 0.15) is 0 Å². The lowest BCUT2D eigenvalue weighted by Crippen LogP contribution is -2.27. The summed E-state index contributed by atoms with van der Waals surface area (Å²) in [6, 6.07) is 14.5. The summed E-state index contributed by atoms with van der Waals surface area (Å²) in [5, 5.41) is 0. The van der Waals surface area contributed by atoms with Crippen LogP contribution < -0.4 is 4.72 Å². The second-order valence-corrected chi connectivity index (χ2v) is 10.5. The molecular weight excluding hydrogens is 378 g/mol. The van der Waals surface area contributed by atoms with Gasteiger partial charge in [-0.1, -0.05) is 84.0 Å². The van der Waals surface area contributed by atoms with Gasteiger partial charge in [-0.05, 0) is 59.3 Å². The average Bonchev–Trinajstić information content (AvgIpc) is 2.67. The van der Waals surface area contributed by atoms with Gasteiger partial charge in [-0.2, -0.15) is 0 Å². The Bertz CT molecular complexity index is 855. The van der Waals surface area contributed by atoms with E-state index in [0.29, 0.717) is 17.4 Å². The van der Waals surface area contributed by atoms with Crippen molar-refractivity contribution >= 4 is 10.0 Å². The average molecular weight is 416 g/mol. The number of nitrogens with one attached hydrogen (secondary N) is 1. The molecule has 0 saturated carbocycles. The van der Waals surface area contributed by atoms with Crippen molar-refractivity contribution in [1.82, 2.24) is 4.72 Å². The zero-order valence-corrected chi connectivity index (χ0v) is 19.6. The van der Waals surface area contributed by atoms with Gasteiger partial charge in [0.25, 0.3) is 0 Å². The van der Waals surface area contributed by atoms with Crippen molar-refractivity contribution in [3.05, 3.63) is 64.7 Å². The van der Waals surface area contributed by atoms with E-state index in [1.807, 2.05) is 18.2 Å². The number of benzene rings is 2. The molecule has 0 spiro atoms. The predicted octanol–water partition coefficient (Wildman–Crippen LogP) is 6.36. The Morgan fingerprint density at radius 3 is 1.83 bits per heavy atom. The first-order chi connectivity index (χ1) is 13.6. The Hall–Kier alpha value is -1.65. The molecule has 0 aliphatic carbocycles. The number of sulfonamides is 1. The molecule has 2 aromatic carbocycles. The predicted molar refractivity (Wildman–Crippen MR) is 123 cm³/mol. The maximum atomic E-state index is 13.3. The van der Waals surface area contributed by atoms with Crippen molar-refractivity contribution in [3.63, 3.8) is 0 Å². The first-order valence-electron chi connectivity index (χ1n) is 10.8. The van der Waals surface area contributed by atoms with Crippen molar-refractivity contribution in [2.24, 2.45) is 0 Å². The van der Waals surface area contributed by atoms with Crippen LogP contribution in [0.5, 0.6) is 0 Å². The van der Waals surface area contributed by atoms with Crippen LogP contribution in [-0.2, 0) is 16.4 Å². The second-order valence-electron chi connectivity index (χ2n) is 8.83. The first-order valence-corrected chi connectivity index (χ1v) is 12.3. The maximum absolute atomic E-state index is 13.3. The third-order valence-electron chi connectivity index (χ3n) is 5.38. The summed E-state index contributed by atoms with van der Waals surface area (Å²) in [6.45, 7) is 13.1. The fourth-order valence-electron chi connectivity index (χ4n) is 3.58. The van der Waals surface area contributed by atoms with Crippen LogP contribution in [0.1, 0.15) is 94.4 Å². The van der Waals surface area contributed by atoms with Crippen LogP contribution in [0.15, 0.2) is 47.4 Å². The van der Waals surface area contributed by atoms with Crippen LogP contribution >= 0.6 is 0 Å². The van der Waals surface area contributed by atoms with E-state index >= 15 is 0 Å². The largest absolute Gasteiger partial charge is 0.241 e. The molecule has 2 rings (SSSR count). The smallest absolute Gasteiger partial charge is 0.211 e. The molecule has 0 aromatic heterocycles. The van der Waals surface area contributed by atoms with E-state index in [4.69, 9.17) is 0 Å². The van der Waals surface area contributed by atoms with Crippen molar-refractivity contribution in [1.29, 1.82) is 0 Å². The van der Waals surface area contributed by atoms with Crippen LogP contribution in [0.2, 0.25) is 0 Å². The third kappa shape index (κ3) is 6.42. The fourth-order valence-corrected chi connectivity index (χ4v) is 5.34. The highest BCUT2D eigenvalue weighted by Crippen LogP contribution is 2.35. The quantitative estimate of drug-likeness (QED) is 0.459. The molecule has 0 heterocycles. The van der Waals surface area contributed by atoms with E-state index in [9.17, 15) is 8.42 Å². The zero-order valence-electron chi connectivity index (χ0n) is 18.8. The van der Waals surface area contributed by atoms with Crippen molar-refractivity contribution in [2.75, 3.05) is 6.54 Å². The summed E-state index contributed by atoms with van der Waals surface area (Å²) >= 11 is 0. The van der Waals surface area contributed by atoms with E-state index in [1.54, 1.807) is 0 Å². The normalized spacial score (nSPS) is 12.3. The molecule has 0 saturated heterocycles. The molecule has 0 atom stereocenters. The molecule has 0 bridgehead atoms. The van der Waals surface area contributed by atoms with E-state index in [0.717, 1.165) is 30.4 Å². The molecule has 2 aromatic rings. The Morgan fingerprint density at radius 2 is 1.34 bits per heavy atom. The molecule has 0 fully saturated rings. The van der Waals surface area contributed by atoms with Crippen molar-refractivity contribution < 1.29 is 8.42 Å². The number of hydrogen-bond acceptors (Lipinski definition) is 2. The summed E-state index contributed by atoms with van der Waals surface area (Å²) in [5.41, 5.74) is 4.36. The van der Waals surface area contributed by atoms with Crippen LogP contribution in [0.4, 0.5) is 0 Å². The summed E-state index contributed by atoms with van der Waals surface area (Å²) < 4.78 is 29.4. The van der Waals surface area contributed by atoms with Gasteiger partial charge in [0.2, 0.25) is 10.0 Å². The molecule has 4 heteroatoms. The van der Waals surface area contributed by atoms with Gasteiger partial charge in [0.15, 0.2) is 0 Å². The molecule has 3 nitrogen and oxygen atoms in total. The topological polar surface area (TPSA) is 46.2 Å². The second kappa shape index (κ2) is 10.4. The molecule has 160 valence electrons. The van der Waals surface area contributed by atoms with E-state index in [-0.39, 0.29) is 11.8 Å². The highest BCUT2D eigenvalue weighted by molar-refractivity contribution is 7.89. The summed E-state index contributed by atoms with van der Waals surface area (Å²) in [4.78, 5) is 0.495. The summed E-state index contributed by atoms with van der Waals surface area (Å²) in [7, 11) is -3.55. The number of rotatable bonds is 10. The van der Waals surface area contributed by atoms with Gasteiger partial charge in [-0.15, -0.1) is 0 Å². The number of aryl methyl sites for hydroxylation is 1. The minimum atomic E-state index is -3.55. The minimum absolute atomic E-state index is 0.149. The fraction of sp³-hybridized carbons (Fsp3) is 0.520. The van der Waals surface area contributed by atoms with Gasteiger partial charge < -0.3 is 0 Å². The van der Waals surface area contributed by atoms with Gasteiger partial charge in [-0.25, -0.2) is 13.1 Å². The molecule has 0 aliphatic heterocycles. The van der Waals surface area contributed by atoms with Crippen LogP contribution in [-0.4, -0.2) is 15.0 Å². The Labute approximate surface area is 178 Å². The van der Waals surface area contributed by atoms with Crippen molar-refractivity contribution in [2.45, 2.75) is 83.5 Å². The number of unbranched alkanes of at least 4 members (excludes halogenated alkanes) is 1. The lowest BCUT2D eigenvalue weighted by Gasteiger charge is -2.23. The lowest BCUT2D eigenvalue weighted by atomic mass is 9.89. The molecule has 0 aliphatic rings. The van der Waals surface area contributed by atoms with Gasteiger partial charge in [0, 0.05) is 6.54 Å². The first kappa shape index (κ1) is 23.6. The summed E-state index contributed by atoms with van der Waals surface area (Å²) in [6.07, 6.45) is 2.76. The third-order valence-corrected chi connectivity index (χ3v) is 6.97. The maximum Gasteiger partial charge on any atom is 0.241 e. The summed E-state index contributed by atoms with van der Waals surface area (Å²) in [5.74, 6) is 0.666. The molecule has 0 radical (unpaired) electrons.